The minimum Gasteiger partial charge on any atom is -0.321 e. The molecule has 1 aliphatic heterocycles. The number of rotatable bonds is 1. The third-order valence-corrected chi connectivity index (χ3v) is 3.25. The maximum absolute atomic E-state index is 6.31. The molecular weight excluding hydrogens is 268 g/mol. The van der Waals surface area contributed by atoms with Gasteiger partial charge in [-0.3, -0.25) is 9.98 Å². The van der Waals surface area contributed by atoms with Crippen LogP contribution in [0.4, 0.5) is 0 Å². The van der Waals surface area contributed by atoms with Crippen molar-refractivity contribution in [3.05, 3.63) is 40.8 Å². The van der Waals surface area contributed by atoms with Gasteiger partial charge in [-0.2, -0.15) is 0 Å². The zero-order valence-corrected chi connectivity index (χ0v) is 10.5. The van der Waals surface area contributed by atoms with Gasteiger partial charge in [0.1, 0.15) is 0 Å². The Kier molecular flexibility index (Phi) is 2.92. The molecule has 0 amide bonds. The van der Waals surface area contributed by atoms with Gasteiger partial charge in [-0.25, -0.2) is 0 Å². The van der Waals surface area contributed by atoms with Crippen LogP contribution in [0.15, 0.2) is 40.1 Å². The average molecular weight is 281 g/mol. The van der Waals surface area contributed by atoms with Crippen LogP contribution >= 0.6 is 15.9 Å². The van der Waals surface area contributed by atoms with Gasteiger partial charge in [-0.05, 0) is 25.1 Å². The Morgan fingerprint density at radius 2 is 2.25 bits per heavy atom. The molecule has 0 aromatic carbocycles. The highest BCUT2D eigenvalue weighted by molar-refractivity contribution is 9.10. The van der Waals surface area contributed by atoms with E-state index in [0.29, 0.717) is 0 Å². The largest absolute Gasteiger partial charge is 0.321 e. The topological polar surface area (TPSA) is 77.3 Å². The summed E-state index contributed by atoms with van der Waals surface area (Å²) in [5.41, 5.74) is 13.1. The lowest BCUT2D eigenvalue weighted by molar-refractivity contribution is 0.494. The second-order valence-electron chi connectivity index (χ2n) is 3.86. The van der Waals surface area contributed by atoms with Crippen molar-refractivity contribution < 1.29 is 0 Å². The maximum atomic E-state index is 6.31. The first-order valence-electron chi connectivity index (χ1n) is 4.92. The van der Waals surface area contributed by atoms with E-state index in [1.54, 1.807) is 18.5 Å². The Morgan fingerprint density at radius 3 is 2.94 bits per heavy atom. The van der Waals surface area contributed by atoms with Gasteiger partial charge in [0.15, 0.2) is 0 Å². The molecule has 0 radical (unpaired) electrons. The lowest BCUT2D eigenvalue weighted by Crippen LogP contribution is -2.56. The SMILES string of the molecule is CC1=NC=CC(N)(c2cc(Br)ccn2)C1N. The number of nitrogens with two attached hydrogens (primary N) is 2. The van der Waals surface area contributed by atoms with Crippen LogP contribution in [0.3, 0.4) is 0 Å². The summed E-state index contributed by atoms with van der Waals surface area (Å²) >= 11 is 3.40. The van der Waals surface area contributed by atoms with E-state index in [2.05, 4.69) is 25.9 Å². The molecule has 84 valence electrons. The van der Waals surface area contributed by atoms with Gasteiger partial charge in [0.2, 0.25) is 0 Å². The molecule has 16 heavy (non-hydrogen) atoms. The van der Waals surface area contributed by atoms with Crippen LogP contribution in [-0.4, -0.2) is 16.7 Å². The monoisotopic (exact) mass is 280 g/mol. The van der Waals surface area contributed by atoms with Gasteiger partial charge in [0.05, 0.1) is 17.3 Å². The van der Waals surface area contributed by atoms with E-state index in [-0.39, 0.29) is 6.04 Å². The van der Waals surface area contributed by atoms with Gasteiger partial charge in [0, 0.05) is 22.6 Å². The fourth-order valence-electron chi connectivity index (χ4n) is 1.69. The molecule has 0 fully saturated rings. The third-order valence-electron chi connectivity index (χ3n) is 2.76. The molecule has 1 aromatic heterocycles. The molecule has 1 aromatic rings. The summed E-state index contributed by atoms with van der Waals surface area (Å²) in [6, 6.07) is 3.38. The zero-order chi connectivity index (χ0) is 11.8. The summed E-state index contributed by atoms with van der Waals surface area (Å²) in [5.74, 6) is 0. The highest BCUT2D eigenvalue weighted by atomic mass is 79.9. The average Bonchev–Trinajstić information content (AvgIpc) is 2.26. The van der Waals surface area contributed by atoms with Crippen LogP contribution in [-0.2, 0) is 5.54 Å². The van der Waals surface area contributed by atoms with Gasteiger partial charge >= 0.3 is 0 Å². The van der Waals surface area contributed by atoms with Crippen molar-refractivity contribution in [1.82, 2.24) is 4.98 Å². The molecule has 0 spiro atoms. The second-order valence-corrected chi connectivity index (χ2v) is 4.77. The number of halogens is 1. The molecule has 0 bridgehead atoms. The van der Waals surface area contributed by atoms with Gasteiger partial charge in [-0.1, -0.05) is 15.9 Å². The van der Waals surface area contributed by atoms with E-state index >= 15 is 0 Å². The lowest BCUT2D eigenvalue weighted by atomic mass is 9.84. The van der Waals surface area contributed by atoms with Crippen LogP contribution < -0.4 is 11.5 Å². The number of aromatic nitrogens is 1. The quantitative estimate of drug-likeness (QED) is 0.814. The van der Waals surface area contributed by atoms with Crippen LogP contribution in [0.2, 0.25) is 0 Å². The Bertz CT molecular complexity index is 469. The summed E-state index contributed by atoms with van der Waals surface area (Å²) in [6.07, 6.45) is 5.18. The standard InChI is InChI=1S/C11H13BrN4/c1-7-10(13)11(14,3-5-15-7)9-6-8(12)2-4-16-9/h2-6,10H,13-14H2,1H3. The molecule has 4 nitrogen and oxygen atoms in total. The number of aliphatic imine (C=N–C) groups is 1. The highest BCUT2D eigenvalue weighted by Gasteiger charge is 2.36. The van der Waals surface area contributed by atoms with Crippen LogP contribution in [0.5, 0.6) is 0 Å². The van der Waals surface area contributed by atoms with Crippen molar-refractivity contribution in [1.29, 1.82) is 0 Å². The number of hydrogen-bond acceptors (Lipinski definition) is 4. The fraction of sp³-hybridized carbons (Fsp3) is 0.273. The van der Waals surface area contributed by atoms with Crippen LogP contribution in [0.1, 0.15) is 12.6 Å². The minimum absolute atomic E-state index is 0.348. The van der Waals surface area contributed by atoms with Gasteiger partial charge < -0.3 is 11.5 Å². The number of pyridine rings is 1. The van der Waals surface area contributed by atoms with Crippen LogP contribution in [0, 0.1) is 0 Å². The highest BCUT2D eigenvalue weighted by Crippen LogP contribution is 2.26. The van der Waals surface area contributed by atoms with E-state index in [4.69, 9.17) is 11.5 Å². The van der Waals surface area contributed by atoms with E-state index in [1.807, 2.05) is 19.1 Å². The Labute approximate surface area is 103 Å². The molecule has 2 atom stereocenters. The normalized spacial score (nSPS) is 29.0. The van der Waals surface area contributed by atoms with Gasteiger partial charge in [-0.15, -0.1) is 0 Å². The second kappa shape index (κ2) is 4.08. The Hall–Kier alpha value is -1.04. The van der Waals surface area contributed by atoms with Crippen molar-refractivity contribution in [2.45, 2.75) is 18.5 Å². The first kappa shape index (κ1) is 11.4. The molecule has 5 heteroatoms. The predicted octanol–water partition coefficient (Wildman–Crippen LogP) is 1.31. The van der Waals surface area contributed by atoms with E-state index < -0.39 is 5.54 Å². The van der Waals surface area contributed by atoms with E-state index in [0.717, 1.165) is 15.9 Å². The third kappa shape index (κ3) is 1.81. The summed E-state index contributed by atoms with van der Waals surface area (Å²) in [7, 11) is 0. The van der Waals surface area contributed by atoms with Gasteiger partial charge in [0.25, 0.3) is 0 Å². The van der Waals surface area contributed by atoms with Crippen molar-refractivity contribution in [3.8, 4) is 0 Å². The molecule has 0 saturated carbocycles. The molecule has 0 aliphatic carbocycles. The summed E-state index contributed by atoms with van der Waals surface area (Å²) in [6.45, 7) is 1.87. The molecule has 1 aliphatic rings. The summed E-state index contributed by atoms with van der Waals surface area (Å²) in [4.78, 5) is 8.42. The maximum Gasteiger partial charge on any atom is 0.0994 e. The van der Waals surface area contributed by atoms with Crippen molar-refractivity contribution in [3.63, 3.8) is 0 Å². The summed E-state index contributed by atoms with van der Waals surface area (Å²) < 4.78 is 0.933. The van der Waals surface area contributed by atoms with E-state index in [9.17, 15) is 0 Å². The minimum atomic E-state index is -0.782. The Balaban J connectivity index is 2.47. The molecular formula is C11H13BrN4. The number of hydrogen-bond donors (Lipinski definition) is 2. The predicted molar refractivity (Wildman–Crippen MR) is 68.0 cm³/mol. The molecule has 0 saturated heterocycles. The first-order valence-corrected chi connectivity index (χ1v) is 5.72. The zero-order valence-electron chi connectivity index (χ0n) is 8.89. The van der Waals surface area contributed by atoms with Crippen molar-refractivity contribution in [2.75, 3.05) is 0 Å². The smallest absolute Gasteiger partial charge is 0.0994 e. The lowest BCUT2D eigenvalue weighted by Gasteiger charge is -2.33. The molecule has 2 unspecified atom stereocenters. The first-order chi connectivity index (χ1) is 7.54. The van der Waals surface area contributed by atoms with Crippen LogP contribution in [0.25, 0.3) is 0 Å². The number of nitrogens with zero attached hydrogens (tertiary/aromatic N) is 2. The van der Waals surface area contributed by atoms with Crippen molar-refractivity contribution in [2.24, 2.45) is 16.5 Å². The molecule has 2 rings (SSSR count). The van der Waals surface area contributed by atoms with E-state index in [1.165, 1.54) is 0 Å². The summed E-state index contributed by atoms with van der Waals surface area (Å²) in [5, 5.41) is 0. The molecule has 4 N–H and O–H groups in total. The van der Waals surface area contributed by atoms with Crippen molar-refractivity contribution >= 4 is 21.6 Å². The fourth-order valence-corrected chi connectivity index (χ4v) is 2.03. The molecule has 2 heterocycles. The Morgan fingerprint density at radius 1 is 1.50 bits per heavy atom.